The van der Waals surface area contributed by atoms with Crippen molar-refractivity contribution in [3.8, 4) is 0 Å². The van der Waals surface area contributed by atoms with Gasteiger partial charge in [-0.05, 0) is 36.6 Å². The van der Waals surface area contributed by atoms with Crippen LogP contribution in [0.4, 0.5) is 5.69 Å². The maximum absolute atomic E-state index is 13.4. The molecule has 3 aliphatic rings. The van der Waals surface area contributed by atoms with Crippen molar-refractivity contribution in [2.75, 3.05) is 11.9 Å². The maximum Gasteiger partial charge on any atom is 0.250 e. The lowest BCUT2D eigenvalue weighted by atomic mass is 9.73. The molecule has 2 aromatic rings. The number of benzene rings is 2. The van der Waals surface area contributed by atoms with Crippen LogP contribution in [0.1, 0.15) is 29.9 Å². The van der Waals surface area contributed by atoms with Gasteiger partial charge in [0.2, 0.25) is 6.04 Å². The van der Waals surface area contributed by atoms with Crippen molar-refractivity contribution >= 4 is 23.2 Å². The molecule has 27 heavy (non-hydrogen) atoms. The number of amides is 1. The molecule has 6 nitrogen and oxygen atoms in total. The van der Waals surface area contributed by atoms with E-state index in [9.17, 15) is 14.9 Å². The first-order chi connectivity index (χ1) is 13.0. The maximum atomic E-state index is 13.4. The highest BCUT2D eigenvalue weighted by atomic mass is 35.5. The SMILES string of the molecule is O=C1Nc2ccccc2[C@@]12C(c1cccc(Cl)c1)C([N+](=O)[O-])C1CCCN12. The molecule has 0 aromatic heterocycles. The number of para-hydroxylation sites is 1. The van der Waals surface area contributed by atoms with Gasteiger partial charge in [0.05, 0.1) is 12.0 Å². The molecule has 3 aliphatic heterocycles. The molecular formula is C20H18ClN3O3. The topological polar surface area (TPSA) is 75.5 Å². The Morgan fingerprint density at radius 3 is 2.81 bits per heavy atom. The molecule has 3 unspecified atom stereocenters. The van der Waals surface area contributed by atoms with Gasteiger partial charge in [-0.2, -0.15) is 0 Å². The third kappa shape index (κ3) is 2.08. The Morgan fingerprint density at radius 2 is 2.04 bits per heavy atom. The van der Waals surface area contributed by atoms with Crippen LogP contribution in [0.5, 0.6) is 0 Å². The third-order valence-corrected chi connectivity index (χ3v) is 6.56. The Balaban J connectivity index is 1.82. The van der Waals surface area contributed by atoms with Crippen LogP contribution >= 0.6 is 11.6 Å². The van der Waals surface area contributed by atoms with Crippen molar-refractivity contribution in [1.29, 1.82) is 0 Å². The van der Waals surface area contributed by atoms with Crippen molar-refractivity contribution in [3.05, 3.63) is 74.8 Å². The number of carbonyl (C=O) groups excluding carboxylic acids is 1. The van der Waals surface area contributed by atoms with Gasteiger partial charge >= 0.3 is 0 Å². The average molecular weight is 384 g/mol. The zero-order valence-electron chi connectivity index (χ0n) is 14.5. The van der Waals surface area contributed by atoms with Crippen LogP contribution in [0.25, 0.3) is 0 Å². The largest absolute Gasteiger partial charge is 0.324 e. The molecule has 1 spiro atoms. The number of carbonyl (C=O) groups is 1. The first-order valence-corrected chi connectivity index (χ1v) is 9.49. The lowest BCUT2D eigenvalue weighted by Gasteiger charge is -2.36. The molecule has 2 aromatic carbocycles. The molecule has 0 radical (unpaired) electrons. The van der Waals surface area contributed by atoms with Crippen molar-refractivity contribution in [3.63, 3.8) is 0 Å². The summed E-state index contributed by atoms with van der Waals surface area (Å²) < 4.78 is 0. The second-order valence-electron chi connectivity index (χ2n) is 7.48. The Labute approximate surface area is 161 Å². The van der Waals surface area contributed by atoms with Crippen molar-refractivity contribution in [1.82, 2.24) is 4.90 Å². The van der Waals surface area contributed by atoms with Crippen molar-refractivity contribution in [2.45, 2.75) is 36.4 Å². The third-order valence-electron chi connectivity index (χ3n) is 6.32. The number of nitrogens with one attached hydrogen (secondary N) is 1. The van der Waals surface area contributed by atoms with E-state index in [2.05, 4.69) is 10.2 Å². The minimum Gasteiger partial charge on any atom is -0.324 e. The lowest BCUT2D eigenvalue weighted by molar-refractivity contribution is -0.527. The van der Waals surface area contributed by atoms with E-state index in [1.807, 2.05) is 30.3 Å². The summed E-state index contributed by atoms with van der Waals surface area (Å²) >= 11 is 6.22. The summed E-state index contributed by atoms with van der Waals surface area (Å²) in [4.78, 5) is 27.5. The Hall–Kier alpha value is -2.44. The average Bonchev–Trinajstić information content (AvgIpc) is 3.28. The second kappa shape index (κ2) is 5.78. The molecule has 0 saturated carbocycles. The molecule has 4 atom stereocenters. The number of anilines is 1. The number of rotatable bonds is 2. The van der Waals surface area contributed by atoms with E-state index in [4.69, 9.17) is 11.6 Å². The fraction of sp³-hybridized carbons (Fsp3) is 0.350. The summed E-state index contributed by atoms with van der Waals surface area (Å²) in [7, 11) is 0. The normalized spacial score (nSPS) is 31.7. The van der Waals surface area contributed by atoms with Crippen LogP contribution in [-0.4, -0.2) is 34.4 Å². The predicted octanol–water partition coefficient (Wildman–Crippen LogP) is 3.39. The summed E-state index contributed by atoms with van der Waals surface area (Å²) in [6.07, 6.45) is 1.58. The fourth-order valence-corrected chi connectivity index (χ4v) is 5.69. The van der Waals surface area contributed by atoms with Crippen LogP contribution in [0.3, 0.4) is 0 Å². The molecular weight excluding hydrogens is 366 g/mol. The van der Waals surface area contributed by atoms with Gasteiger partial charge in [0.25, 0.3) is 5.91 Å². The van der Waals surface area contributed by atoms with E-state index in [0.717, 1.165) is 29.7 Å². The van der Waals surface area contributed by atoms with Gasteiger partial charge in [-0.1, -0.05) is 41.9 Å². The van der Waals surface area contributed by atoms with Gasteiger partial charge in [-0.25, -0.2) is 0 Å². The number of nitrogens with zero attached hydrogens (tertiary/aromatic N) is 2. The number of fused-ring (bicyclic) bond motifs is 4. The highest BCUT2D eigenvalue weighted by Gasteiger charge is 2.71. The highest BCUT2D eigenvalue weighted by molar-refractivity contribution is 6.30. The smallest absolute Gasteiger partial charge is 0.250 e. The van der Waals surface area contributed by atoms with Crippen LogP contribution in [0.2, 0.25) is 5.02 Å². The molecule has 5 rings (SSSR count). The molecule has 7 heteroatoms. The van der Waals surface area contributed by atoms with Crippen LogP contribution in [-0.2, 0) is 10.3 Å². The zero-order valence-corrected chi connectivity index (χ0v) is 15.2. The predicted molar refractivity (Wildman–Crippen MR) is 101 cm³/mol. The Bertz CT molecular complexity index is 965. The van der Waals surface area contributed by atoms with Gasteiger partial charge in [0.1, 0.15) is 5.54 Å². The molecule has 138 valence electrons. The molecule has 3 heterocycles. The molecule has 1 amide bonds. The minimum absolute atomic E-state index is 0.176. The monoisotopic (exact) mass is 383 g/mol. The van der Waals surface area contributed by atoms with E-state index in [-0.39, 0.29) is 16.9 Å². The standard InChI is InChI=1S/C20H18ClN3O3/c21-13-6-3-5-12(11-13)17-18(24(26)27)16-9-4-10-23(16)20(17)14-7-1-2-8-15(14)22-19(20)25/h1-3,5-8,11,16-18H,4,9-10H2,(H,22,25)/t16?,17?,18?,20-/m1/s1. The van der Waals surface area contributed by atoms with Crippen LogP contribution in [0, 0.1) is 10.1 Å². The summed E-state index contributed by atoms with van der Waals surface area (Å²) in [6.45, 7) is 0.674. The molecule has 2 saturated heterocycles. The molecule has 0 bridgehead atoms. The summed E-state index contributed by atoms with van der Waals surface area (Å²) in [5.74, 6) is -0.773. The number of halogens is 1. The van der Waals surface area contributed by atoms with E-state index < -0.39 is 17.5 Å². The van der Waals surface area contributed by atoms with Gasteiger partial charge < -0.3 is 5.32 Å². The second-order valence-corrected chi connectivity index (χ2v) is 7.91. The number of hydrogen-bond donors (Lipinski definition) is 1. The van der Waals surface area contributed by atoms with Crippen molar-refractivity contribution < 1.29 is 9.72 Å². The zero-order chi connectivity index (χ0) is 18.8. The van der Waals surface area contributed by atoms with E-state index in [1.165, 1.54) is 0 Å². The van der Waals surface area contributed by atoms with Crippen LogP contribution in [0.15, 0.2) is 48.5 Å². The van der Waals surface area contributed by atoms with E-state index in [0.29, 0.717) is 11.6 Å². The number of nitro groups is 1. The lowest BCUT2D eigenvalue weighted by Crippen LogP contribution is -2.50. The summed E-state index contributed by atoms with van der Waals surface area (Å²) in [5, 5.41) is 15.7. The van der Waals surface area contributed by atoms with Gasteiger partial charge in [-0.15, -0.1) is 0 Å². The Kier molecular flexibility index (Phi) is 3.58. The molecule has 0 aliphatic carbocycles. The minimum atomic E-state index is -1.07. The van der Waals surface area contributed by atoms with Crippen LogP contribution < -0.4 is 5.32 Å². The van der Waals surface area contributed by atoms with Gasteiger partial charge in [-0.3, -0.25) is 19.8 Å². The quantitative estimate of drug-likeness (QED) is 0.637. The van der Waals surface area contributed by atoms with E-state index in [1.54, 1.807) is 18.2 Å². The Morgan fingerprint density at radius 1 is 1.22 bits per heavy atom. The van der Waals surface area contributed by atoms with E-state index >= 15 is 0 Å². The molecule has 2 fully saturated rings. The first-order valence-electron chi connectivity index (χ1n) is 9.12. The summed E-state index contributed by atoms with van der Waals surface area (Å²) in [5.41, 5.74) is 1.24. The van der Waals surface area contributed by atoms with Crippen molar-refractivity contribution in [2.24, 2.45) is 0 Å². The first kappa shape index (κ1) is 16.7. The summed E-state index contributed by atoms with van der Waals surface area (Å²) in [6, 6.07) is 13.6. The fourth-order valence-electron chi connectivity index (χ4n) is 5.49. The molecule has 1 N–H and O–H groups in total. The van der Waals surface area contributed by atoms with Gasteiger partial charge in [0, 0.05) is 27.7 Å². The highest BCUT2D eigenvalue weighted by Crippen LogP contribution is 2.59. The van der Waals surface area contributed by atoms with Gasteiger partial charge in [0.15, 0.2) is 0 Å². The number of hydrogen-bond acceptors (Lipinski definition) is 4.